The number of likely N-dealkylation sites (tertiary alicyclic amines) is 1. The first-order chi connectivity index (χ1) is 11.5. The maximum atomic E-state index is 14.3. The molecular formula is C18H24F2N2O2. The van der Waals surface area contributed by atoms with Crippen LogP contribution in [0.25, 0.3) is 0 Å². The van der Waals surface area contributed by atoms with Crippen LogP contribution in [-0.4, -0.2) is 41.7 Å². The highest BCUT2D eigenvalue weighted by Gasteiger charge is 2.38. The summed E-state index contributed by atoms with van der Waals surface area (Å²) in [7, 11) is 0. The molecule has 0 aromatic heterocycles. The van der Waals surface area contributed by atoms with Gasteiger partial charge in [-0.1, -0.05) is 18.9 Å². The highest BCUT2D eigenvalue weighted by molar-refractivity contribution is 5.78. The van der Waals surface area contributed by atoms with Gasteiger partial charge < -0.3 is 15.3 Å². The van der Waals surface area contributed by atoms with Crippen molar-refractivity contribution in [2.75, 3.05) is 19.6 Å². The van der Waals surface area contributed by atoms with Crippen molar-refractivity contribution >= 4 is 5.91 Å². The quantitative estimate of drug-likeness (QED) is 0.837. The summed E-state index contributed by atoms with van der Waals surface area (Å²) in [5, 5.41) is 13.6. The minimum absolute atomic E-state index is 0.0780. The number of benzene rings is 1. The number of nitrogens with zero attached hydrogens (tertiary/aromatic N) is 1. The van der Waals surface area contributed by atoms with Crippen LogP contribution in [-0.2, 0) is 10.3 Å². The summed E-state index contributed by atoms with van der Waals surface area (Å²) in [5.41, 5.74) is -0.0980. The number of amides is 1. The first kappa shape index (κ1) is 17.3. The van der Waals surface area contributed by atoms with Crippen LogP contribution < -0.4 is 5.32 Å². The highest BCUT2D eigenvalue weighted by Crippen LogP contribution is 2.40. The third-order valence-corrected chi connectivity index (χ3v) is 5.18. The number of carbonyl (C=O) groups excluding carboxylic acids is 1. The van der Waals surface area contributed by atoms with E-state index in [4.69, 9.17) is 0 Å². The van der Waals surface area contributed by atoms with Crippen LogP contribution in [0, 0.1) is 11.6 Å². The van der Waals surface area contributed by atoms with E-state index in [2.05, 4.69) is 5.32 Å². The number of hydrogen-bond donors (Lipinski definition) is 2. The summed E-state index contributed by atoms with van der Waals surface area (Å²) in [6.07, 6.45) is 4.12. The fraction of sp³-hybridized carbons (Fsp3) is 0.611. The Balaban J connectivity index is 1.66. The second kappa shape index (κ2) is 7.15. The molecule has 2 fully saturated rings. The molecule has 1 aliphatic carbocycles. The Morgan fingerprint density at radius 3 is 2.62 bits per heavy atom. The Hall–Kier alpha value is -1.53. The maximum absolute atomic E-state index is 14.3. The fourth-order valence-corrected chi connectivity index (χ4v) is 3.93. The number of halogens is 2. The van der Waals surface area contributed by atoms with E-state index < -0.39 is 23.3 Å². The monoisotopic (exact) mass is 338 g/mol. The number of aliphatic hydroxyl groups excluding tert-OH is 1. The summed E-state index contributed by atoms with van der Waals surface area (Å²) in [4.78, 5) is 13.3. The molecule has 0 bridgehead atoms. The van der Waals surface area contributed by atoms with E-state index >= 15 is 0 Å². The van der Waals surface area contributed by atoms with Crippen molar-refractivity contribution in [3.05, 3.63) is 35.4 Å². The molecule has 1 saturated carbocycles. The van der Waals surface area contributed by atoms with Crippen LogP contribution in [0.5, 0.6) is 0 Å². The Morgan fingerprint density at radius 1 is 1.25 bits per heavy atom. The Morgan fingerprint density at radius 2 is 2.00 bits per heavy atom. The lowest BCUT2D eigenvalue weighted by molar-refractivity contribution is -0.128. The summed E-state index contributed by atoms with van der Waals surface area (Å²) >= 11 is 0. The molecule has 0 unspecified atom stereocenters. The van der Waals surface area contributed by atoms with E-state index in [-0.39, 0.29) is 12.5 Å². The van der Waals surface area contributed by atoms with E-state index in [0.717, 1.165) is 38.2 Å². The molecule has 6 heteroatoms. The fourth-order valence-electron chi connectivity index (χ4n) is 3.93. The summed E-state index contributed by atoms with van der Waals surface area (Å²) in [5.74, 6) is -1.06. The van der Waals surface area contributed by atoms with Crippen molar-refractivity contribution < 1.29 is 18.7 Å². The van der Waals surface area contributed by atoms with Crippen molar-refractivity contribution in [1.82, 2.24) is 10.2 Å². The lowest BCUT2D eigenvalue weighted by Crippen LogP contribution is -2.47. The van der Waals surface area contributed by atoms with Gasteiger partial charge in [0.2, 0.25) is 5.91 Å². The Labute approximate surface area is 140 Å². The average Bonchev–Trinajstić information content (AvgIpc) is 3.16. The zero-order valence-corrected chi connectivity index (χ0v) is 13.7. The van der Waals surface area contributed by atoms with Gasteiger partial charge in [-0.3, -0.25) is 4.79 Å². The van der Waals surface area contributed by atoms with Crippen LogP contribution in [0.4, 0.5) is 8.78 Å². The van der Waals surface area contributed by atoms with Gasteiger partial charge in [0.25, 0.3) is 0 Å². The smallest absolute Gasteiger partial charge is 0.222 e. The molecule has 2 N–H and O–H groups in total. The van der Waals surface area contributed by atoms with Gasteiger partial charge in [0.15, 0.2) is 0 Å². The second-order valence-electron chi connectivity index (χ2n) is 6.89. The SMILES string of the molecule is O=C1CCCN1C[C@H](O)CNC1(c2ccc(F)cc2F)CCCC1. The lowest BCUT2D eigenvalue weighted by atomic mass is 9.87. The van der Waals surface area contributed by atoms with E-state index in [0.29, 0.717) is 25.1 Å². The molecule has 1 saturated heterocycles. The summed E-state index contributed by atoms with van der Waals surface area (Å²) in [6.45, 7) is 1.27. The molecule has 24 heavy (non-hydrogen) atoms. The van der Waals surface area contributed by atoms with Gasteiger partial charge in [-0.25, -0.2) is 8.78 Å². The van der Waals surface area contributed by atoms with Gasteiger partial charge in [0, 0.05) is 43.2 Å². The van der Waals surface area contributed by atoms with Crippen molar-refractivity contribution in [3.8, 4) is 0 Å². The molecule has 3 rings (SSSR count). The molecule has 0 radical (unpaired) electrons. The molecular weight excluding hydrogens is 314 g/mol. The highest BCUT2D eigenvalue weighted by atomic mass is 19.1. The van der Waals surface area contributed by atoms with Gasteiger partial charge in [-0.2, -0.15) is 0 Å². The van der Waals surface area contributed by atoms with Crippen LogP contribution in [0.15, 0.2) is 18.2 Å². The minimum atomic E-state index is -0.701. The number of nitrogens with one attached hydrogen (secondary N) is 1. The van der Waals surface area contributed by atoms with Crippen molar-refractivity contribution in [2.45, 2.75) is 50.2 Å². The molecule has 132 valence electrons. The van der Waals surface area contributed by atoms with Gasteiger partial charge in [0.05, 0.1) is 6.10 Å². The number of aliphatic hydroxyl groups is 1. The molecule has 4 nitrogen and oxygen atoms in total. The molecule has 0 spiro atoms. The van der Waals surface area contributed by atoms with Crippen LogP contribution in [0.3, 0.4) is 0 Å². The molecule has 1 heterocycles. The number of β-amino-alcohol motifs (C(OH)–C–C–N with tert-alkyl or cyclic N) is 1. The Kier molecular flexibility index (Phi) is 5.15. The third-order valence-electron chi connectivity index (χ3n) is 5.18. The Bertz CT molecular complexity index is 603. The summed E-state index contributed by atoms with van der Waals surface area (Å²) < 4.78 is 27.5. The van der Waals surface area contributed by atoms with E-state index in [1.807, 2.05) is 0 Å². The molecule has 1 aromatic rings. The van der Waals surface area contributed by atoms with Gasteiger partial charge >= 0.3 is 0 Å². The molecule has 1 aromatic carbocycles. The first-order valence-corrected chi connectivity index (χ1v) is 8.67. The first-order valence-electron chi connectivity index (χ1n) is 8.67. The van der Waals surface area contributed by atoms with E-state index in [9.17, 15) is 18.7 Å². The van der Waals surface area contributed by atoms with Crippen LogP contribution >= 0.6 is 0 Å². The lowest BCUT2D eigenvalue weighted by Gasteiger charge is -2.33. The maximum Gasteiger partial charge on any atom is 0.222 e. The van der Waals surface area contributed by atoms with E-state index in [1.165, 1.54) is 12.1 Å². The van der Waals surface area contributed by atoms with Crippen LogP contribution in [0.2, 0.25) is 0 Å². The molecule has 2 aliphatic rings. The normalized spacial score (nSPS) is 21.5. The predicted molar refractivity (Wildman–Crippen MR) is 86.3 cm³/mol. The van der Waals surface area contributed by atoms with Gasteiger partial charge in [0.1, 0.15) is 11.6 Å². The van der Waals surface area contributed by atoms with Gasteiger partial charge in [-0.05, 0) is 25.3 Å². The largest absolute Gasteiger partial charge is 0.390 e. The third kappa shape index (κ3) is 3.59. The van der Waals surface area contributed by atoms with Crippen molar-refractivity contribution in [1.29, 1.82) is 0 Å². The predicted octanol–water partition coefficient (Wildman–Crippen LogP) is 2.31. The number of carbonyl (C=O) groups is 1. The number of hydrogen-bond acceptors (Lipinski definition) is 3. The van der Waals surface area contributed by atoms with Crippen molar-refractivity contribution in [2.24, 2.45) is 0 Å². The van der Waals surface area contributed by atoms with E-state index in [1.54, 1.807) is 4.90 Å². The zero-order chi connectivity index (χ0) is 17.2. The van der Waals surface area contributed by atoms with Crippen molar-refractivity contribution in [3.63, 3.8) is 0 Å². The molecule has 1 amide bonds. The standard InChI is InChI=1S/C18H24F2N2O2/c19-13-5-6-15(16(20)10-13)18(7-1-2-8-18)21-11-14(23)12-22-9-3-4-17(22)24/h5-6,10,14,21,23H,1-4,7-9,11-12H2/t14-/m1/s1. The van der Waals surface area contributed by atoms with Crippen LogP contribution in [0.1, 0.15) is 44.1 Å². The number of rotatable bonds is 6. The second-order valence-corrected chi connectivity index (χ2v) is 6.89. The average molecular weight is 338 g/mol. The molecule has 1 atom stereocenters. The van der Waals surface area contributed by atoms with Gasteiger partial charge in [-0.15, -0.1) is 0 Å². The summed E-state index contributed by atoms with van der Waals surface area (Å²) in [6, 6.07) is 3.69. The topological polar surface area (TPSA) is 52.6 Å². The zero-order valence-electron chi connectivity index (χ0n) is 13.7. The minimum Gasteiger partial charge on any atom is -0.390 e. The molecule has 1 aliphatic heterocycles.